The third-order valence-corrected chi connectivity index (χ3v) is 4.44. The summed E-state index contributed by atoms with van der Waals surface area (Å²) in [6.07, 6.45) is 0. The van der Waals surface area contributed by atoms with Crippen LogP contribution in [0.4, 0.5) is 5.69 Å². The van der Waals surface area contributed by atoms with E-state index in [1.165, 1.54) is 0 Å². The quantitative estimate of drug-likeness (QED) is 0.867. The maximum absolute atomic E-state index is 12.9. The zero-order valence-corrected chi connectivity index (χ0v) is 13.5. The molecule has 0 N–H and O–H groups in total. The van der Waals surface area contributed by atoms with Gasteiger partial charge in [0.25, 0.3) is 11.7 Å². The second-order valence-corrected chi connectivity index (χ2v) is 5.90. The normalized spacial score (nSPS) is 18.2. The van der Waals surface area contributed by atoms with Crippen molar-refractivity contribution in [1.82, 2.24) is 0 Å². The molecule has 2 heterocycles. The summed E-state index contributed by atoms with van der Waals surface area (Å²) in [4.78, 5) is 14.6. The van der Waals surface area contributed by atoms with Gasteiger partial charge in [-0.2, -0.15) is 0 Å². The fraction of sp³-hybridized carbons (Fsp3) is 0.316. The molecular formula is C19H19NO4. The van der Waals surface area contributed by atoms with Gasteiger partial charge in [0, 0.05) is 5.56 Å². The summed E-state index contributed by atoms with van der Waals surface area (Å²) in [7, 11) is 0. The Hall–Kier alpha value is -2.37. The van der Waals surface area contributed by atoms with Crippen molar-refractivity contribution >= 4 is 11.6 Å². The molecule has 1 amide bonds. The van der Waals surface area contributed by atoms with E-state index in [-0.39, 0.29) is 5.91 Å². The van der Waals surface area contributed by atoms with Gasteiger partial charge in [-0.3, -0.25) is 4.79 Å². The smallest absolute Gasteiger partial charge is 0.292 e. The molecule has 2 aromatic carbocycles. The topological polar surface area (TPSA) is 48.0 Å². The molecule has 1 fully saturated rings. The van der Waals surface area contributed by atoms with Gasteiger partial charge >= 0.3 is 0 Å². The predicted molar refractivity (Wildman–Crippen MR) is 89.1 cm³/mol. The van der Waals surface area contributed by atoms with Crippen molar-refractivity contribution in [3.05, 3.63) is 59.7 Å². The first-order valence-corrected chi connectivity index (χ1v) is 8.10. The zero-order chi connectivity index (χ0) is 16.6. The molecule has 0 bridgehead atoms. The molecule has 5 heteroatoms. The largest absolute Gasteiger partial charge is 0.491 e. The Balaban J connectivity index is 1.53. The van der Waals surface area contributed by atoms with Gasteiger partial charge in [0.15, 0.2) is 0 Å². The van der Waals surface area contributed by atoms with E-state index < -0.39 is 5.79 Å². The summed E-state index contributed by atoms with van der Waals surface area (Å²) in [6, 6.07) is 15.5. The molecule has 2 aromatic rings. The molecule has 0 atom stereocenters. The molecule has 4 rings (SSSR count). The van der Waals surface area contributed by atoms with Crippen LogP contribution in [0.5, 0.6) is 5.75 Å². The molecule has 24 heavy (non-hydrogen) atoms. The number of rotatable bonds is 4. The molecule has 1 spiro atoms. The lowest BCUT2D eigenvalue weighted by Crippen LogP contribution is -2.42. The SMILES string of the molecule is Cc1ccccc1OCCN1C(=O)C2(OCCO2)c2ccccc21. The second-order valence-electron chi connectivity index (χ2n) is 5.90. The van der Waals surface area contributed by atoms with E-state index in [1.807, 2.05) is 55.5 Å². The Morgan fingerprint density at radius 2 is 1.79 bits per heavy atom. The number of carbonyl (C=O) groups is 1. The molecule has 5 nitrogen and oxygen atoms in total. The first-order valence-electron chi connectivity index (χ1n) is 8.10. The zero-order valence-electron chi connectivity index (χ0n) is 13.5. The van der Waals surface area contributed by atoms with Gasteiger partial charge in [-0.25, -0.2) is 0 Å². The number of nitrogens with zero attached hydrogens (tertiary/aromatic N) is 1. The van der Waals surface area contributed by atoms with E-state index in [9.17, 15) is 4.79 Å². The van der Waals surface area contributed by atoms with E-state index in [1.54, 1.807) is 4.90 Å². The van der Waals surface area contributed by atoms with Crippen LogP contribution in [-0.2, 0) is 20.1 Å². The molecule has 0 aliphatic carbocycles. The molecular weight excluding hydrogens is 306 g/mol. The van der Waals surface area contributed by atoms with Crippen molar-refractivity contribution in [2.45, 2.75) is 12.7 Å². The summed E-state index contributed by atoms with van der Waals surface area (Å²) in [5, 5.41) is 0. The lowest BCUT2D eigenvalue weighted by atomic mass is 10.1. The Labute approximate surface area is 140 Å². The second kappa shape index (κ2) is 5.92. The van der Waals surface area contributed by atoms with Crippen LogP contribution < -0.4 is 9.64 Å². The van der Waals surface area contributed by atoms with Crippen LogP contribution in [0.25, 0.3) is 0 Å². The standard InChI is InChI=1S/C19H19NO4/c1-14-6-2-5-9-17(14)22-11-10-20-16-8-4-3-7-15(16)19(18(20)21)23-12-13-24-19/h2-9H,10-13H2,1H3. The van der Waals surface area contributed by atoms with Gasteiger partial charge in [0.05, 0.1) is 25.4 Å². The maximum Gasteiger partial charge on any atom is 0.292 e. The summed E-state index contributed by atoms with van der Waals surface area (Å²) in [5.74, 6) is -0.603. The first-order chi connectivity index (χ1) is 11.7. The van der Waals surface area contributed by atoms with E-state index in [0.717, 1.165) is 22.6 Å². The lowest BCUT2D eigenvalue weighted by molar-refractivity contribution is -0.180. The lowest BCUT2D eigenvalue weighted by Gasteiger charge is -2.22. The number of benzene rings is 2. The number of aryl methyl sites for hydroxylation is 1. The van der Waals surface area contributed by atoms with Crippen LogP contribution in [-0.4, -0.2) is 32.3 Å². The summed E-state index contributed by atoms with van der Waals surface area (Å²) >= 11 is 0. The highest BCUT2D eigenvalue weighted by Gasteiger charge is 2.55. The monoisotopic (exact) mass is 325 g/mol. The molecule has 0 radical (unpaired) electrons. The minimum atomic E-state index is -1.26. The number of ether oxygens (including phenoxy) is 3. The molecule has 2 aliphatic rings. The summed E-state index contributed by atoms with van der Waals surface area (Å²) in [6.45, 7) is 3.70. The molecule has 2 aliphatic heterocycles. The molecule has 0 saturated carbocycles. The van der Waals surface area contributed by atoms with E-state index in [2.05, 4.69) is 0 Å². The molecule has 0 unspecified atom stereocenters. The predicted octanol–water partition coefficient (Wildman–Crippen LogP) is 2.62. The minimum Gasteiger partial charge on any atom is -0.491 e. The maximum atomic E-state index is 12.9. The van der Waals surface area contributed by atoms with Gasteiger partial charge in [0.2, 0.25) is 0 Å². The Morgan fingerprint density at radius 3 is 2.58 bits per heavy atom. The van der Waals surface area contributed by atoms with Crippen LogP contribution in [0.3, 0.4) is 0 Å². The highest BCUT2D eigenvalue weighted by Crippen LogP contribution is 2.45. The van der Waals surface area contributed by atoms with Crippen molar-refractivity contribution in [1.29, 1.82) is 0 Å². The number of para-hydroxylation sites is 2. The number of anilines is 1. The molecule has 1 saturated heterocycles. The number of carbonyl (C=O) groups excluding carboxylic acids is 1. The number of amides is 1. The molecule has 0 aromatic heterocycles. The van der Waals surface area contributed by atoms with Crippen LogP contribution in [0.1, 0.15) is 11.1 Å². The van der Waals surface area contributed by atoms with Gasteiger partial charge < -0.3 is 19.1 Å². The average molecular weight is 325 g/mol. The fourth-order valence-corrected chi connectivity index (χ4v) is 3.27. The van der Waals surface area contributed by atoms with Crippen molar-refractivity contribution in [2.75, 3.05) is 31.3 Å². The van der Waals surface area contributed by atoms with Crippen molar-refractivity contribution in [3.8, 4) is 5.75 Å². The highest BCUT2D eigenvalue weighted by molar-refractivity contribution is 6.06. The fourth-order valence-electron chi connectivity index (χ4n) is 3.27. The van der Waals surface area contributed by atoms with Gasteiger partial charge in [-0.05, 0) is 24.6 Å². The number of hydrogen-bond acceptors (Lipinski definition) is 4. The number of hydrogen-bond donors (Lipinski definition) is 0. The van der Waals surface area contributed by atoms with Crippen molar-refractivity contribution in [3.63, 3.8) is 0 Å². The summed E-state index contributed by atoms with van der Waals surface area (Å²) < 4.78 is 17.2. The van der Waals surface area contributed by atoms with E-state index in [0.29, 0.717) is 26.4 Å². The average Bonchev–Trinajstić information content (AvgIpc) is 3.18. The van der Waals surface area contributed by atoms with E-state index >= 15 is 0 Å². The van der Waals surface area contributed by atoms with E-state index in [4.69, 9.17) is 14.2 Å². The van der Waals surface area contributed by atoms with Gasteiger partial charge in [-0.1, -0.05) is 36.4 Å². The number of fused-ring (bicyclic) bond motifs is 2. The third kappa shape index (κ3) is 2.28. The first kappa shape index (κ1) is 15.2. The highest BCUT2D eigenvalue weighted by atomic mass is 16.7. The third-order valence-electron chi connectivity index (χ3n) is 4.44. The minimum absolute atomic E-state index is 0.172. The van der Waals surface area contributed by atoms with Crippen molar-refractivity contribution in [2.24, 2.45) is 0 Å². The van der Waals surface area contributed by atoms with Crippen molar-refractivity contribution < 1.29 is 19.0 Å². The Kier molecular flexibility index (Phi) is 3.75. The summed E-state index contributed by atoms with van der Waals surface area (Å²) in [5.41, 5.74) is 2.69. The Morgan fingerprint density at radius 1 is 1.08 bits per heavy atom. The van der Waals surface area contributed by atoms with Gasteiger partial charge in [-0.15, -0.1) is 0 Å². The van der Waals surface area contributed by atoms with Crippen LogP contribution in [0.2, 0.25) is 0 Å². The van der Waals surface area contributed by atoms with Gasteiger partial charge in [0.1, 0.15) is 12.4 Å². The van der Waals surface area contributed by atoms with Crippen LogP contribution >= 0.6 is 0 Å². The Bertz CT molecular complexity index is 767. The van der Waals surface area contributed by atoms with Crippen LogP contribution in [0, 0.1) is 6.92 Å². The van der Waals surface area contributed by atoms with Crippen LogP contribution in [0.15, 0.2) is 48.5 Å². The molecule has 124 valence electrons.